The zero-order valence-electron chi connectivity index (χ0n) is 16.4. The predicted molar refractivity (Wildman–Crippen MR) is 105 cm³/mol. The Kier molecular flexibility index (Phi) is 8.34. The lowest BCUT2D eigenvalue weighted by molar-refractivity contribution is 0.232. The second-order valence-electron chi connectivity index (χ2n) is 6.27. The molecule has 7 heteroatoms. The van der Waals surface area contributed by atoms with E-state index in [1.807, 2.05) is 12.1 Å². The fourth-order valence-electron chi connectivity index (χ4n) is 3.16. The minimum Gasteiger partial charge on any atom is -0.496 e. The number of guanidine groups is 1. The average molecular weight is 364 g/mol. The monoisotopic (exact) mass is 364 g/mol. The molecule has 0 radical (unpaired) electrons. The van der Waals surface area contributed by atoms with Crippen molar-refractivity contribution in [3.63, 3.8) is 0 Å². The zero-order valence-corrected chi connectivity index (χ0v) is 16.4. The molecule has 2 rings (SSSR count). The van der Waals surface area contributed by atoms with Crippen LogP contribution >= 0.6 is 0 Å². The van der Waals surface area contributed by atoms with Gasteiger partial charge in [-0.15, -0.1) is 0 Å². The SMILES string of the molecule is CN=C(NCCN1CCCCC1)NCc1c(OC)cc(OC)cc1OC. The lowest BCUT2D eigenvalue weighted by atomic mass is 10.1. The van der Waals surface area contributed by atoms with E-state index in [2.05, 4.69) is 20.5 Å². The fourth-order valence-corrected chi connectivity index (χ4v) is 3.16. The van der Waals surface area contributed by atoms with Crippen molar-refractivity contribution in [1.82, 2.24) is 15.5 Å². The Morgan fingerprint density at radius 1 is 1.00 bits per heavy atom. The molecule has 0 bridgehead atoms. The number of nitrogens with one attached hydrogen (secondary N) is 2. The number of rotatable bonds is 8. The Labute approximate surface area is 156 Å². The number of likely N-dealkylation sites (tertiary alicyclic amines) is 1. The van der Waals surface area contributed by atoms with Gasteiger partial charge in [0.2, 0.25) is 0 Å². The molecular weight excluding hydrogens is 332 g/mol. The van der Waals surface area contributed by atoms with Gasteiger partial charge in [0.25, 0.3) is 0 Å². The lowest BCUT2D eigenvalue weighted by Gasteiger charge is -2.26. The minimum absolute atomic E-state index is 0.541. The summed E-state index contributed by atoms with van der Waals surface area (Å²) in [6, 6.07) is 3.71. The van der Waals surface area contributed by atoms with Gasteiger partial charge in [-0.2, -0.15) is 0 Å². The van der Waals surface area contributed by atoms with Gasteiger partial charge >= 0.3 is 0 Å². The van der Waals surface area contributed by atoms with Crippen LogP contribution in [0.3, 0.4) is 0 Å². The summed E-state index contributed by atoms with van der Waals surface area (Å²) < 4.78 is 16.3. The Hall–Kier alpha value is -2.15. The molecule has 0 aromatic heterocycles. The molecule has 1 aliphatic rings. The average Bonchev–Trinajstić information content (AvgIpc) is 2.70. The summed E-state index contributed by atoms with van der Waals surface area (Å²) in [6.45, 7) is 4.86. The lowest BCUT2D eigenvalue weighted by Crippen LogP contribution is -2.42. The highest BCUT2D eigenvalue weighted by Gasteiger charge is 2.14. The topological polar surface area (TPSA) is 67.4 Å². The van der Waals surface area contributed by atoms with Crippen molar-refractivity contribution in [2.24, 2.45) is 4.99 Å². The van der Waals surface area contributed by atoms with E-state index in [0.29, 0.717) is 12.3 Å². The molecule has 1 fully saturated rings. The molecular formula is C19H32N4O3. The number of methoxy groups -OCH3 is 3. The standard InChI is InChI=1S/C19H32N4O3/c1-20-19(21-8-11-23-9-6-5-7-10-23)22-14-16-17(25-3)12-15(24-2)13-18(16)26-4/h12-13H,5-11,14H2,1-4H3,(H2,20,21,22). The fraction of sp³-hybridized carbons (Fsp3) is 0.632. The van der Waals surface area contributed by atoms with Crippen molar-refractivity contribution < 1.29 is 14.2 Å². The largest absolute Gasteiger partial charge is 0.496 e. The summed E-state index contributed by atoms with van der Waals surface area (Å²) >= 11 is 0. The molecule has 1 heterocycles. The van der Waals surface area contributed by atoms with Crippen molar-refractivity contribution in [2.45, 2.75) is 25.8 Å². The second kappa shape index (κ2) is 10.8. The van der Waals surface area contributed by atoms with Crippen molar-refractivity contribution in [3.8, 4) is 17.2 Å². The second-order valence-corrected chi connectivity index (χ2v) is 6.27. The molecule has 0 spiro atoms. The van der Waals surface area contributed by atoms with Crippen LogP contribution in [0.1, 0.15) is 24.8 Å². The molecule has 26 heavy (non-hydrogen) atoms. The van der Waals surface area contributed by atoms with Gasteiger partial charge in [-0.3, -0.25) is 4.99 Å². The molecule has 0 aliphatic carbocycles. The van der Waals surface area contributed by atoms with Crippen molar-refractivity contribution in [1.29, 1.82) is 0 Å². The van der Waals surface area contributed by atoms with Crippen LogP contribution in [0.5, 0.6) is 17.2 Å². The van der Waals surface area contributed by atoms with Crippen LogP contribution in [0.25, 0.3) is 0 Å². The number of aliphatic imine (C=N–C) groups is 1. The van der Waals surface area contributed by atoms with E-state index in [-0.39, 0.29) is 0 Å². The van der Waals surface area contributed by atoms with Crippen LogP contribution < -0.4 is 24.8 Å². The van der Waals surface area contributed by atoms with Gasteiger partial charge in [0.05, 0.1) is 33.4 Å². The number of hydrogen-bond donors (Lipinski definition) is 2. The Balaban J connectivity index is 1.90. The van der Waals surface area contributed by atoms with Crippen LogP contribution in [0.15, 0.2) is 17.1 Å². The molecule has 7 nitrogen and oxygen atoms in total. The van der Waals surface area contributed by atoms with E-state index in [9.17, 15) is 0 Å². The first-order chi connectivity index (χ1) is 12.7. The van der Waals surface area contributed by atoms with E-state index in [4.69, 9.17) is 14.2 Å². The molecule has 0 unspecified atom stereocenters. The van der Waals surface area contributed by atoms with E-state index in [0.717, 1.165) is 36.1 Å². The molecule has 0 atom stereocenters. The molecule has 146 valence electrons. The number of piperidine rings is 1. The predicted octanol–water partition coefficient (Wildman–Crippen LogP) is 1.86. The molecule has 1 aliphatic heterocycles. The molecule has 1 aromatic rings. The number of benzene rings is 1. The first kappa shape index (κ1) is 20.2. The third-order valence-electron chi connectivity index (χ3n) is 4.64. The summed E-state index contributed by atoms with van der Waals surface area (Å²) in [5.74, 6) is 2.91. The first-order valence-corrected chi connectivity index (χ1v) is 9.17. The van der Waals surface area contributed by atoms with Gasteiger partial charge in [0.1, 0.15) is 17.2 Å². The van der Waals surface area contributed by atoms with E-state index in [1.165, 1.54) is 32.4 Å². The van der Waals surface area contributed by atoms with Gasteiger partial charge in [-0.25, -0.2) is 0 Å². The Morgan fingerprint density at radius 3 is 2.19 bits per heavy atom. The molecule has 1 saturated heterocycles. The van der Waals surface area contributed by atoms with Gasteiger partial charge in [0, 0.05) is 32.3 Å². The first-order valence-electron chi connectivity index (χ1n) is 9.17. The quantitative estimate of drug-likeness (QED) is 0.542. The zero-order chi connectivity index (χ0) is 18.8. The summed E-state index contributed by atoms with van der Waals surface area (Å²) in [7, 11) is 6.69. The summed E-state index contributed by atoms with van der Waals surface area (Å²) in [4.78, 5) is 6.80. The summed E-state index contributed by atoms with van der Waals surface area (Å²) in [5.41, 5.74) is 0.926. The third kappa shape index (κ3) is 5.69. The van der Waals surface area contributed by atoms with Gasteiger partial charge in [0.15, 0.2) is 5.96 Å². The summed E-state index contributed by atoms with van der Waals surface area (Å²) in [5, 5.41) is 6.71. The van der Waals surface area contributed by atoms with Crippen molar-refractivity contribution >= 4 is 5.96 Å². The highest BCUT2D eigenvalue weighted by molar-refractivity contribution is 5.79. The number of nitrogens with zero attached hydrogens (tertiary/aromatic N) is 2. The molecule has 2 N–H and O–H groups in total. The number of ether oxygens (including phenoxy) is 3. The molecule has 1 aromatic carbocycles. The smallest absolute Gasteiger partial charge is 0.191 e. The minimum atomic E-state index is 0.541. The van der Waals surface area contributed by atoms with Crippen molar-refractivity contribution in [2.75, 3.05) is 54.6 Å². The summed E-state index contributed by atoms with van der Waals surface area (Å²) in [6.07, 6.45) is 3.98. The van der Waals surface area contributed by atoms with Crippen LogP contribution in [-0.2, 0) is 6.54 Å². The Morgan fingerprint density at radius 2 is 1.65 bits per heavy atom. The maximum atomic E-state index is 5.49. The third-order valence-corrected chi connectivity index (χ3v) is 4.64. The van der Waals surface area contributed by atoms with E-state index in [1.54, 1.807) is 28.4 Å². The van der Waals surface area contributed by atoms with Crippen LogP contribution in [0, 0.1) is 0 Å². The van der Waals surface area contributed by atoms with Gasteiger partial charge < -0.3 is 29.7 Å². The normalized spacial score (nSPS) is 15.5. The highest BCUT2D eigenvalue weighted by Crippen LogP contribution is 2.33. The highest BCUT2D eigenvalue weighted by atomic mass is 16.5. The van der Waals surface area contributed by atoms with E-state index < -0.39 is 0 Å². The molecule has 0 saturated carbocycles. The van der Waals surface area contributed by atoms with Crippen LogP contribution in [0.4, 0.5) is 0 Å². The van der Waals surface area contributed by atoms with Gasteiger partial charge in [-0.1, -0.05) is 6.42 Å². The maximum absolute atomic E-state index is 5.49. The van der Waals surface area contributed by atoms with E-state index >= 15 is 0 Å². The Bertz CT molecular complexity index is 561. The van der Waals surface area contributed by atoms with Gasteiger partial charge in [-0.05, 0) is 25.9 Å². The number of hydrogen-bond acceptors (Lipinski definition) is 5. The van der Waals surface area contributed by atoms with Crippen LogP contribution in [-0.4, -0.2) is 65.4 Å². The van der Waals surface area contributed by atoms with Crippen molar-refractivity contribution in [3.05, 3.63) is 17.7 Å². The maximum Gasteiger partial charge on any atom is 0.191 e. The van der Waals surface area contributed by atoms with Crippen LogP contribution in [0.2, 0.25) is 0 Å². The molecule has 0 amide bonds.